The normalized spacial score (nSPS) is 10.3. The predicted molar refractivity (Wildman–Crippen MR) is 102 cm³/mol. The highest BCUT2D eigenvalue weighted by atomic mass is 79.9. The third-order valence-corrected chi connectivity index (χ3v) is 4.59. The first kappa shape index (κ1) is 18.0. The number of non-ortho nitro benzene ring substituents is 1. The summed E-state index contributed by atoms with van der Waals surface area (Å²) in [5, 5.41) is 15.6. The molecule has 0 aliphatic heterocycles. The molecule has 1 amide bonds. The van der Waals surface area contributed by atoms with E-state index in [2.05, 4.69) is 26.2 Å². The third kappa shape index (κ3) is 4.64. The molecule has 7 nitrogen and oxygen atoms in total. The van der Waals surface area contributed by atoms with Gasteiger partial charge in [-0.1, -0.05) is 28.1 Å². The zero-order chi connectivity index (χ0) is 18.5. The standard InChI is InChI=1S/C17H12BrN3O4S/c18-12-3-1-11(2-4-12)15-10-26-17(19-15)20-16(22)9-25-14-7-5-13(6-8-14)21(23)24/h1-8,10H,9H2,(H,19,20,22). The fourth-order valence-corrected chi connectivity index (χ4v) is 3.05. The molecule has 0 aliphatic rings. The van der Waals surface area contributed by atoms with E-state index in [4.69, 9.17) is 4.74 Å². The summed E-state index contributed by atoms with van der Waals surface area (Å²) in [6, 6.07) is 13.2. The molecule has 0 atom stereocenters. The van der Waals surface area contributed by atoms with Crippen molar-refractivity contribution in [3.05, 3.63) is 68.5 Å². The van der Waals surface area contributed by atoms with Crippen LogP contribution in [0.15, 0.2) is 58.4 Å². The zero-order valence-electron chi connectivity index (χ0n) is 13.2. The number of halogens is 1. The molecule has 1 aromatic heterocycles. The molecule has 2 aromatic carbocycles. The Kier molecular flexibility index (Phi) is 5.59. The number of nitrogens with one attached hydrogen (secondary N) is 1. The molecule has 132 valence electrons. The Labute approximate surface area is 160 Å². The molecule has 3 rings (SSSR count). The quantitative estimate of drug-likeness (QED) is 0.456. The van der Waals surface area contributed by atoms with Crippen LogP contribution in [0.25, 0.3) is 11.3 Å². The van der Waals surface area contributed by atoms with E-state index in [-0.39, 0.29) is 18.2 Å². The van der Waals surface area contributed by atoms with E-state index in [1.54, 1.807) is 0 Å². The Morgan fingerprint density at radius 3 is 2.54 bits per heavy atom. The fraction of sp³-hybridized carbons (Fsp3) is 0.0588. The van der Waals surface area contributed by atoms with Crippen molar-refractivity contribution in [1.82, 2.24) is 4.98 Å². The zero-order valence-corrected chi connectivity index (χ0v) is 15.6. The van der Waals surface area contributed by atoms with Crippen molar-refractivity contribution in [3.8, 4) is 17.0 Å². The number of ether oxygens (including phenoxy) is 1. The van der Waals surface area contributed by atoms with Gasteiger partial charge in [0.15, 0.2) is 11.7 Å². The summed E-state index contributed by atoms with van der Waals surface area (Å²) in [4.78, 5) is 26.4. The van der Waals surface area contributed by atoms with Crippen LogP contribution in [0.2, 0.25) is 0 Å². The number of carbonyl (C=O) groups is 1. The Hall–Kier alpha value is -2.78. The van der Waals surface area contributed by atoms with Gasteiger partial charge in [0.25, 0.3) is 11.6 Å². The van der Waals surface area contributed by atoms with Crippen molar-refractivity contribution in [2.45, 2.75) is 0 Å². The molecule has 0 fully saturated rings. The summed E-state index contributed by atoms with van der Waals surface area (Å²) in [6.45, 7) is -0.217. The topological polar surface area (TPSA) is 94.4 Å². The van der Waals surface area contributed by atoms with Crippen LogP contribution in [0.5, 0.6) is 5.75 Å². The van der Waals surface area contributed by atoms with Gasteiger partial charge in [-0.2, -0.15) is 0 Å². The Morgan fingerprint density at radius 1 is 1.19 bits per heavy atom. The number of benzene rings is 2. The second-order valence-corrected chi connectivity index (χ2v) is 6.91. The largest absolute Gasteiger partial charge is 0.484 e. The van der Waals surface area contributed by atoms with E-state index in [1.165, 1.54) is 35.6 Å². The average Bonchev–Trinajstić information content (AvgIpc) is 3.09. The second kappa shape index (κ2) is 8.07. The predicted octanol–water partition coefficient (Wildman–Crippen LogP) is 4.50. The minimum atomic E-state index is -0.498. The highest BCUT2D eigenvalue weighted by Crippen LogP contribution is 2.26. The Morgan fingerprint density at radius 2 is 1.88 bits per heavy atom. The summed E-state index contributed by atoms with van der Waals surface area (Å²) in [6.07, 6.45) is 0. The molecule has 0 unspecified atom stereocenters. The first-order valence-corrected chi connectivity index (χ1v) is 9.07. The molecular formula is C17H12BrN3O4S. The van der Waals surface area contributed by atoms with Gasteiger partial charge in [-0.25, -0.2) is 4.98 Å². The molecule has 9 heteroatoms. The summed E-state index contributed by atoms with van der Waals surface area (Å²) >= 11 is 4.70. The van der Waals surface area contributed by atoms with Crippen LogP contribution in [0.3, 0.4) is 0 Å². The van der Waals surface area contributed by atoms with Gasteiger partial charge in [0.1, 0.15) is 5.75 Å². The minimum absolute atomic E-state index is 0.0370. The molecular weight excluding hydrogens is 422 g/mol. The van der Waals surface area contributed by atoms with Crippen LogP contribution in [0.1, 0.15) is 0 Å². The molecule has 0 radical (unpaired) electrons. The van der Waals surface area contributed by atoms with E-state index >= 15 is 0 Å². The molecule has 0 saturated carbocycles. The van der Waals surface area contributed by atoms with E-state index in [1.807, 2.05) is 29.6 Å². The van der Waals surface area contributed by atoms with Crippen molar-refractivity contribution in [2.75, 3.05) is 11.9 Å². The lowest BCUT2D eigenvalue weighted by Gasteiger charge is -2.05. The van der Waals surface area contributed by atoms with Gasteiger partial charge in [-0.05, 0) is 24.3 Å². The fourth-order valence-electron chi connectivity index (χ4n) is 2.05. The van der Waals surface area contributed by atoms with Gasteiger partial charge in [0, 0.05) is 27.5 Å². The van der Waals surface area contributed by atoms with E-state index in [0.717, 1.165) is 15.7 Å². The van der Waals surface area contributed by atoms with Crippen LogP contribution >= 0.6 is 27.3 Å². The average molecular weight is 434 g/mol. The Balaban J connectivity index is 1.55. The van der Waals surface area contributed by atoms with Crippen molar-refractivity contribution < 1.29 is 14.5 Å². The second-order valence-electron chi connectivity index (χ2n) is 5.13. The van der Waals surface area contributed by atoms with Gasteiger partial charge in [-0.15, -0.1) is 11.3 Å². The first-order valence-electron chi connectivity index (χ1n) is 7.40. The molecule has 1 N–H and O–H groups in total. The van der Waals surface area contributed by atoms with Gasteiger partial charge >= 0.3 is 0 Å². The molecule has 26 heavy (non-hydrogen) atoms. The number of nitro benzene ring substituents is 1. The number of nitro groups is 1. The van der Waals surface area contributed by atoms with Crippen molar-refractivity contribution >= 4 is 44.0 Å². The summed E-state index contributed by atoms with van der Waals surface area (Å²) in [5.74, 6) is 0.0144. The van der Waals surface area contributed by atoms with E-state index < -0.39 is 4.92 Å². The maximum atomic E-state index is 12.0. The maximum Gasteiger partial charge on any atom is 0.269 e. The number of thiazole rings is 1. The number of nitrogens with zero attached hydrogens (tertiary/aromatic N) is 2. The number of carbonyl (C=O) groups excluding carboxylic acids is 1. The van der Waals surface area contributed by atoms with E-state index in [9.17, 15) is 14.9 Å². The minimum Gasteiger partial charge on any atom is -0.484 e. The van der Waals surface area contributed by atoms with Gasteiger partial charge in [0.2, 0.25) is 0 Å². The molecule has 3 aromatic rings. The lowest BCUT2D eigenvalue weighted by molar-refractivity contribution is -0.384. The first-order chi connectivity index (χ1) is 12.5. The number of amides is 1. The van der Waals surface area contributed by atoms with Gasteiger partial charge < -0.3 is 4.74 Å². The Bertz CT molecular complexity index is 926. The van der Waals surface area contributed by atoms with Crippen LogP contribution in [-0.4, -0.2) is 22.4 Å². The molecule has 0 spiro atoms. The van der Waals surface area contributed by atoms with E-state index in [0.29, 0.717) is 10.9 Å². The summed E-state index contributed by atoms with van der Waals surface area (Å²) < 4.78 is 6.30. The molecule has 0 saturated heterocycles. The maximum absolute atomic E-state index is 12.0. The number of rotatable bonds is 6. The summed E-state index contributed by atoms with van der Waals surface area (Å²) in [7, 11) is 0. The highest BCUT2D eigenvalue weighted by Gasteiger charge is 2.10. The number of hydrogen-bond donors (Lipinski definition) is 1. The van der Waals surface area contributed by atoms with Crippen LogP contribution in [0.4, 0.5) is 10.8 Å². The summed E-state index contributed by atoms with van der Waals surface area (Å²) in [5.41, 5.74) is 1.69. The molecule has 0 bridgehead atoms. The van der Waals surface area contributed by atoms with Crippen LogP contribution < -0.4 is 10.1 Å². The van der Waals surface area contributed by atoms with Gasteiger partial charge in [-0.3, -0.25) is 20.2 Å². The van der Waals surface area contributed by atoms with Crippen molar-refractivity contribution in [1.29, 1.82) is 0 Å². The SMILES string of the molecule is O=C(COc1ccc([N+](=O)[O-])cc1)Nc1nc(-c2ccc(Br)cc2)cs1. The smallest absolute Gasteiger partial charge is 0.269 e. The lowest BCUT2D eigenvalue weighted by Crippen LogP contribution is -2.20. The monoisotopic (exact) mass is 433 g/mol. The highest BCUT2D eigenvalue weighted by molar-refractivity contribution is 9.10. The molecule has 0 aliphatic carbocycles. The van der Waals surface area contributed by atoms with Crippen molar-refractivity contribution in [2.24, 2.45) is 0 Å². The van der Waals surface area contributed by atoms with Crippen molar-refractivity contribution in [3.63, 3.8) is 0 Å². The molecule has 1 heterocycles. The number of hydrogen-bond acceptors (Lipinski definition) is 6. The third-order valence-electron chi connectivity index (χ3n) is 3.31. The van der Waals surface area contributed by atoms with Crippen LogP contribution in [-0.2, 0) is 4.79 Å². The number of anilines is 1. The van der Waals surface area contributed by atoms with Crippen LogP contribution in [0, 0.1) is 10.1 Å². The lowest BCUT2D eigenvalue weighted by atomic mass is 10.2. The van der Waals surface area contributed by atoms with Gasteiger partial charge in [0.05, 0.1) is 10.6 Å². The number of aromatic nitrogens is 1.